The lowest BCUT2D eigenvalue weighted by molar-refractivity contribution is -0.137. The van der Waals surface area contributed by atoms with Crippen LogP contribution in [0, 0.1) is 5.41 Å². The molecule has 1 aliphatic rings. The summed E-state index contributed by atoms with van der Waals surface area (Å²) in [6, 6.07) is 2.68. The lowest BCUT2D eigenvalue weighted by Gasteiger charge is -2.49. The minimum Gasteiger partial charge on any atom is -0.392 e. The molecule has 2 atom stereocenters. The fourth-order valence-corrected chi connectivity index (χ4v) is 2.69. The summed E-state index contributed by atoms with van der Waals surface area (Å²) >= 11 is 3.09. The maximum atomic E-state index is 12.7. The fraction of sp³-hybridized carbons (Fsp3) is 0.500. The number of hydrogen-bond donors (Lipinski definition) is 2. The van der Waals surface area contributed by atoms with Crippen LogP contribution in [0.4, 0.5) is 13.2 Å². The van der Waals surface area contributed by atoms with Gasteiger partial charge in [0.05, 0.1) is 17.2 Å². The number of aliphatic hydroxyl groups is 1. The highest BCUT2D eigenvalue weighted by molar-refractivity contribution is 9.10. The summed E-state index contributed by atoms with van der Waals surface area (Å²) in [7, 11) is 0. The van der Waals surface area contributed by atoms with E-state index in [1.54, 1.807) is 13.8 Å². The smallest absolute Gasteiger partial charge is 0.392 e. The molecule has 0 radical (unpaired) electrons. The summed E-state index contributed by atoms with van der Waals surface area (Å²) in [4.78, 5) is 12.2. The van der Waals surface area contributed by atoms with Crippen LogP contribution in [-0.4, -0.2) is 23.2 Å². The van der Waals surface area contributed by atoms with Gasteiger partial charge in [0, 0.05) is 15.9 Å². The number of aliphatic hydroxyl groups excluding tert-OH is 1. The number of nitrogens with one attached hydrogen (secondary N) is 1. The zero-order chi connectivity index (χ0) is 16.0. The summed E-state index contributed by atoms with van der Waals surface area (Å²) < 4.78 is 38.4. The summed E-state index contributed by atoms with van der Waals surface area (Å²) in [6.45, 7) is 3.60. The zero-order valence-electron chi connectivity index (χ0n) is 11.5. The number of carbonyl (C=O) groups excluding carboxylic acids is 1. The number of carbonyl (C=O) groups is 1. The molecule has 1 aliphatic carbocycles. The molecule has 1 saturated carbocycles. The number of alkyl halides is 3. The molecule has 1 fully saturated rings. The van der Waals surface area contributed by atoms with Crippen molar-refractivity contribution >= 4 is 21.8 Å². The van der Waals surface area contributed by atoms with Gasteiger partial charge in [-0.15, -0.1) is 0 Å². The summed E-state index contributed by atoms with van der Waals surface area (Å²) in [5.41, 5.74) is -1.42. The molecule has 3 nitrogen and oxygen atoms in total. The van der Waals surface area contributed by atoms with Gasteiger partial charge in [-0.1, -0.05) is 13.8 Å². The van der Waals surface area contributed by atoms with Gasteiger partial charge >= 0.3 is 6.18 Å². The van der Waals surface area contributed by atoms with E-state index in [9.17, 15) is 23.1 Å². The van der Waals surface area contributed by atoms with Crippen molar-refractivity contribution < 1.29 is 23.1 Å². The van der Waals surface area contributed by atoms with Crippen molar-refractivity contribution in [3.63, 3.8) is 0 Å². The monoisotopic (exact) mass is 365 g/mol. The van der Waals surface area contributed by atoms with Gasteiger partial charge < -0.3 is 10.4 Å². The topological polar surface area (TPSA) is 49.3 Å². The summed E-state index contributed by atoms with van der Waals surface area (Å²) in [6.07, 6.45) is -4.62. The van der Waals surface area contributed by atoms with Gasteiger partial charge in [0.2, 0.25) is 0 Å². The third-order valence-corrected chi connectivity index (χ3v) is 4.75. The van der Waals surface area contributed by atoms with E-state index in [0.717, 1.165) is 12.1 Å². The number of halogens is 4. The maximum absolute atomic E-state index is 12.7. The molecule has 0 aromatic heterocycles. The lowest BCUT2D eigenvalue weighted by Crippen LogP contribution is -2.61. The molecule has 1 amide bonds. The van der Waals surface area contributed by atoms with Crippen molar-refractivity contribution in [2.24, 2.45) is 5.41 Å². The van der Waals surface area contributed by atoms with Gasteiger partial charge in [0.25, 0.3) is 5.91 Å². The van der Waals surface area contributed by atoms with Gasteiger partial charge in [-0.3, -0.25) is 4.79 Å². The lowest BCUT2D eigenvalue weighted by atomic mass is 9.64. The van der Waals surface area contributed by atoms with Crippen LogP contribution in [0.5, 0.6) is 0 Å². The Morgan fingerprint density at radius 1 is 1.43 bits per heavy atom. The SMILES string of the molecule is CC1(C)C(O)CC1NC(=O)c1cc(C(F)(F)F)ccc1Br. The van der Waals surface area contributed by atoms with E-state index >= 15 is 0 Å². The Kier molecular flexibility index (Phi) is 4.10. The largest absolute Gasteiger partial charge is 0.416 e. The van der Waals surface area contributed by atoms with E-state index in [-0.39, 0.29) is 11.6 Å². The third kappa shape index (κ3) is 3.08. The molecular formula is C14H15BrF3NO2. The van der Waals surface area contributed by atoms with Gasteiger partial charge in [0.1, 0.15) is 0 Å². The minimum absolute atomic E-state index is 0.0676. The first-order valence-corrected chi connectivity index (χ1v) is 7.18. The number of amides is 1. The second-order valence-electron chi connectivity index (χ2n) is 5.79. The molecule has 2 N–H and O–H groups in total. The minimum atomic E-state index is -4.50. The fourth-order valence-electron chi connectivity index (χ4n) is 2.26. The molecule has 0 aliphatic heterocycles. The molecule has 0 bridgehead atoms. The third-order valence-electron chi connectivity index (χ3n) is 4.06. The van der Waals surface area contributed by atoms with Gasteiger partial charge in [-0.2, -0.15) is 13.2 Å². The number of hydrogen-bond acceptors (Lipinski definition) is 2. The Labute approximate surface area is 128 Å². The summed E-state index contributed by atoms with van der Waals surface area (Å²) in [5, 5.41) is 12.3. The molecule has 0 saturated heterocycles. The van der Waals surface area contributed by atoms with Gasteiger partial charge in [-0.25, -0.2) is 0 Å². The van der Waals surface area contributed by atoms with E-state index in [0.29, 0.717) is 10.9 Å². The van der Waals surface area contributed by atoms with Crippen LogP contribution in [0.1, 0.15) is 36.2 Å². The van der Waals surface area contributed by atoms with E-state index in [4.69, 9.17) is 0 Å². The normalized spacial score (nSPS) is 24.3. The van der Waals surface area contributed by atoms with Crippen LogP contribution >= 0.6 is 15.9 Å². The Bertz CT molecular complexity index is 572. The summed E-state index contributed by atoms with van der Waals surface area (Å²) in [5.74, 6) is -0.585. The average Bonchev–Trinajstić information content (AvgIpc) is 2.37. The molecular weight excluding hydrogens is 351 g/mol. The number of rotatable bonds is 2. The van der Waals surface area contributed by atoms with Crippen LogP contribution in [0.15, 0.2) is 22.7 Å². The van der Waals surface area contributed by atoms with E-state index in [1.165, 1.54) is 6.07 Å². The first-order chi connectivity index (χ1) is 9.53. The Morgan fingerprint density at radius 3 is 2.52 bits per heavy atom. The Balaban J connectivity index is 2.20. The molecule has 21 heavy (non-hydrogen) atoms. The van der Waals surface area contributed by atoms with Crippen molar-refractivity contribution in [1.82, 2.24) is 5.32 Å². The predicted octanol–water partition coefficient (Wildman–Crippen LogP) is 3.36. The van der Waals surface area contributed by atoms with Gasteiger partial charge in [-0.05, 0) is 40.5 Å². The maximum Gasteiger partial charge on any atom is 0.416 e. The van der Waals surface area contributed by atoms with Crippen LogP contribution in [0.2, 0.25) is 0 Å². The zero-order valence-corrected chi connectivity index (χ0v) is 13.0. The first kappa shape index (κ1) is 16.3. The molecule has 1 aromatic rings. The molecule has 116 valence electrons. The highest BCUT2D eigenvalue weighted by Gasteiger charge is 2.48. The molecule has 1 aromatic carbocycles. The van der Waals surface area contributed by atoms with Crippen LogP contribution < -0.4 is 5.32 Å². The van der Waals surface area contributed by atoms with E-state index in [2.05, 4.69) is 21.2 Å². The second kappa shape index (κ2) is 5.28. The van der Waals surface area contributed by atoms with Crippen molar-refractivity contribution in [2.45, 2.75) is 38.6 Å². The van der Waals surface area contributed by atoms with Crippen molar-refractivity contribution in [3.05, 3.63) is 33.8 Å². The molecule has 2 unspecified atom stereocenters. The van der Waals surface area contributed by atoms with Crippen molar-refractivity contribution in [3.8, 4) is 0 Å². The Morgan fingerprint density at radius 2 is 2.05 bits per heavy atom. The van der Waals surface area contributed by atoms with Crippen LogP contribution in [0.3, 0.4) is 0 Å². The number of benzene rings is 1. The standard InChI is InChI=1S/C14H15BrF3NO2/c1-13(2)10(6-11(13)20)19-12(21)8-5-7(14(16,17)18)3-4-9(8)15/h3-5,10-11,20H,6H2,1-2H3,(H,19,21). The molecule has 0 spiro atoms. The van der Waals surface area contributed by atoms with E-state index in [1.807, 2.05) is 0 Å². The molecule has 2 rings (SSSR count). The van der Waals surface area contributed by atoms with Gasteiger partial charge in [0.15, 0.2) is 0 Å². The predicted molar refractivity (Wildman–Crippen MR) is 74.8 cm³/mol. The first-order valence-electron chi connectivity index (χ1n) is 6.39. The quantitative estimate of drug-likeness (QED) is 0.844. The molecule has 7 heteroatoms. The van der Waals surface area contributed by atoms with Crippen LogP contribution in [0.25, 0.3) is 0 Å². The van der Waals surface area contributed by atoms with Crippen LogP contribution in [-0.2, 0) is 6.18 Å². The second-order valence-corrected chi connectivity index (χ2v) is 6.65. The Hall–Kier alpha value is -1.08. The van der Waals surface area contributed by atoms with E-state index < -0.39 is 29.2 Å². The highest BCUT2D eigenvalue weighted by Crippen LogP contribution is 2.40. The highest BCUT2D eigenvalue weighted by atomic mass is 79.9. The molecule has 0 heterocycles. The average molecular weight is 366 g/mol. The van der Waals surface area contributed by atoms with Crippen molar-refractivity contribution in [2.75, 3.05) is 0 Å². The van der Waals surface area contributed by atoms with Crippen molar-refractivity contribution in [1.29, 1.82) is 0 Å².